The maximum Gasteiger partial charge on any atom is 0.305 e. The van der Waals surface area contributed by atoms with Gasteiger partial charge >= 0.3 is 5.97 Å². The summed E-state index contributed by atoms with van der Waals surface area (Å²) in [7, 11) is 0. The standard InChI is InChI=1S/C12H22N2O3/c15-6-2-5-14(10-3-1-4-10)12(7-11(16)17)8-13-9-12/h10,13,15H,1-9H2,(H,16,17). The number of aliphatic carboxylic acids is 1. The molecule has 2 fully saturated rings. The fourth-order valence-electron chi connectivity index (χ4n) is 2.87. The van der Waals surface area contributed by atoms with Gasteiger partial charge in [-0.3, -0.25) is 9.69 Å². The van der Waals surface area contributed by atoms with Gasteiger partial charge in [0.1, 0.15) is 0 Å². The highest BCUT2D eigenvalue weighted by molar-refractivity contribution is 5.69. The van der Waals surface area contributed by atoms with Crippen molar-refractivity contribution in [2.24, 2.45) is 0 Å². The van der Waals surface area contributed by atoms with Crippen LogP contribution >= 0.6 is 0 Å². The number of carboxylic acids is 1. The van der Waals surface area contributed by atoms with Gasteiger partial charge in [0.05, 0.1) is 12.0 Å². The zero-order valence-corrected chi connectivity index (χ0v) is 10.2. The van der Waals surface area contributed by atoms with E-state index in [1.165, 1.54) is 19.3 Å². The van der Waals surface area contributed by atoms with Crippen molar-refractivity contribution >= 4 is 5.97 Å². The lowest BCUT2D eigenvalue weighted by molar-refractivity contribution is -0.143. The lowest BCUT2D eigenvalue weighted by Gasteiger charge is -2.55. The minimum absolute atomic E-state index is 0.180. The third-order valence-corrected chi connectivity index (χ3v) is 4.07. The number of rotatable bonds is 7. The lowest BCUT2D eigenvalue weighted by atomic mass is 9.80. The molecule has 3 N–H and O–H groups in total. The molecule has 5 nitrogen and oxygen atoms in total. The SMILES string of the molecule is O=C(O)CC1(N(CCCO)C2CCC2)CNC1. The van der Waals surface area contributed by atoms with Gasteiger partial charge in [-0.2, -0.15) is 0 Å². The molecular formula is C12H22N2O3. The van der Waals surface area contributed by atoms with E-state index in [0.29, 0.717) is 6.04 Å². The number of aliphatic hydroxyl groups is 1. The summed E-state index contributed by atoms with van der Waals surface area (Å²) in [6, 6.07) is 0.531. The number of hydrogen-bond donors (Lipinski definition) is 3. The molecule has 0 spiro atoms. The first-order valence-electron chi connectivity index (χ1n) is 6.48. The van der Waals surface area contributed by atoms with E-state index in [1.54, 1.807) is 0 Å². The number of carbonyl (C=O) groups is 1. The van der Waals surface area contributed by atoms with Crippen molar-refractivity contribution < 1.29 is 15.0 Å². The topological polar surface area (TPSA) is 72.8 Å². The first-order valence-corrected chi connectivity index (χ1v) is 6.48. The number of nitrogens with zero attached hydrogens (tertiary/aromatic N) is 1. The minimum atomic E-state index is -0.722. The van der Waals surface area contributed by atoms with Gasteiger partial charge in [-0.1, -0.05) is 6.42 Å². The number of aliphatic hydroxyl groups excluding tert-OH is 1. The van der Waals surface area contributed by atoms with Crippen molar-refractivity contribution in [3.05, 3.63) is 0 Å². The first-order chi connectivity index (χ1) is 8.18. The molecule has 0 aromatic heterocycles. The lowest BCUT2D eigenvalue weighted by Crippen LogP contribution is -2.72. The second-order valence-corrected chi connectivity index (χ2v) is 5.25. The van der Waals surface area contributed by atoms with Gasteiger partial charge in [0.2, 0.25) is 0 Å². The molecule has 1 aliphatic heterocycles. The summed E-state index contributed by atoms with van der Waals surface area (Å²) in [6.45, 7) is 2.53. The summed E-state index contributed by atoms with van der Waals surface area (Å²) in [5, 5.41) is 21.2. The van der Waals surface area contributed by atoms with Crippen LogP contribution in [0.2, 0.25) is 0 Å². The van der Waals surface area contributed by atoms with Crippen molar-refractivity contribution in [3.63, 3.8) is 0 Å². The molecule has 1 heterocycles. The molecule has 5 heteroatoms. The van der Waals surface area contributed by atoms with E-state index in [9.17, 15) is 4.79 Å². The van der Waals surface area contributed by atoms with Crippen LogP contribution in [0, 0.1) is 0 Å². The molecule has 0 aromatic carbocycles. The monoisotopic (exact) mass is 242 g/mol. The molecule has 0 aromatic rings. The average molecular weight is 242 g/mol. The Morgan fingerprint density at radius 1 is 1.41 bits per heavy atom. The fraction of sp³-hybridized carbons (Fsp3) is 0.917. The summed E-state index contributed by atoms with van der Waals surface area (Å²) < 4.78 is 0. The largest absolute Gasteiger partial charge is 0.481 e. The zero-order valence-electron chi connectivity index (χ0n) is 10.2. The van der Waals surface area contributed by atoms with Gasteiger partial charge in [0, 0.05) is 32.3 Å². The van der Waals surface area contributed by atoms with Crippen molar-refractivity contribution in [2.45, 2.75) is 43.7 Å². The van der Waals surface area contributed by atoms with Crippen molar-refractivity contribution in [1.82, 2.24) is 10.2 Å². The first kappa shape index (κ1) is 12.8. The van der Waals surface area contributed by atoms with Gasteiger partial charge in [0.15, 0.2) is 0 Å². The summed E-state index contributed by atoms with van der Waals surface area (Å²) >= 11 is 0. The zero-order chi connectivity index (χ0) is 12.3. The Hall–Kier alpha value is -0.650. The number of carboxylic acid groups (broad SMARTS) is 1. The van der Waals surface area contributed by atoms with Crippen LogP contribution in [0.15, 0.2) is 0 Å². The van der Waals surface area contributed by atoms with E-state index in [0.717, 1.165) is 26.1 Å². The van der Waals surface area contributed by atoms with Crippen molar-refractivity contribution in [2.75, 3.05) is 26.2 Å². The maximum absolute atomic E-state index is 11.0. The van der Waals surface area contributed by atoms with Gasteiger partial charge < -0.3 is 15.5 Å². The molecule has 2 aliphatic rings. The van der Waals surface area contributed by atoms with E-state index >= 15 is 0 Å². The highest BCUT2D eigenvalue weighted by atomic mass is 16.4. The van der Waals surface area contributed by atoms with Crippen LogP contribution < -0.4 is 5.32 Å². The Bertz CT molecular complexity index is 275. The molecule has 0 unspecified atom stereocenters. The quantitative estimate of drug-likeness (QED) is 0.588. The number of nitrogens with one attached hydrogen (secondary N) is 1. The van der Waals surface area contributed by atoms with E-state index in [4.69, 9.17) is 10.2 Å². The van der Waals surface area contributed by atoms with Gasteiger partial charge in [-0.15, -0.1) is 0 Å². The van der Waals surface area contributed by atoms with Crippen molar-refractivity contribution in [3.8, 4) is 0 Å². The Labute approximate surface area is 102 Å². The van der Waals surface area contributed by atoms with Crippen LogP contribution in [-0.2, 0) is 4.79 Å². The Kier molecular flexibility index (Phi) is 4.01. The van der Waals surface area contributed by atoms with Crippen LogP contribution in [0.25, 0.3) is 0 Å². The summed E-state index contributed by atoms with van der Waals surface area (Å²) in [4.78, 5) is 13.4. The molecule has 1 aliphatic carbocycles. The highest BCUT2D eigenvalue weighted by Crippen LogP contribution is 2.35. The van der Waals surface area contributed by atoms with Crippen LogP contribution in [0.4, 0.5) is 0 Å². The normalized spacial score (nSPS) is 23.2. The molecule has 1 saturated carbocycles. The molecule has 98 valence electrons. The molecular weight excluding hydrogens is 220 g/mol. The average Bonchev–Trinajstić information content (AvgIpc) is 2.15. The van der Waals surface area contributed by atoms with Gasteiger partial charge in [-0.05, 0) is 19.3 Å². The van der Waals surface area contributed by atoms with E-state index in [-0.39, 0.29) is 18.6 Å². The second-order valence-electron chi connectivity index (χ2n) is 5.25. The molecule has 17 heavy (non-hydrogen) atoms. The van der Waals surface area contributed by atoms with E-state index in [1.807, 2.05) is 0 Å². The summed E-state index contributed by atoms with van der Waals surface area (Å²) in [5.74, 6) is -0.722. The molecule has 0 bridgehead atoms. The van der Waals surface area contributed by atoms with Gasteiger partial charge in [-0.25, -0.2) is 0 Å². The molecule has 0 amide bonds. The second kappa shape index (κ2) is 5.33. The molecule has 1 saturated heterocycles. The Morgan fingerprint density at radius 2 is 2.12 bits per heavy atom. The Balaban J connectivity index is 2.02. The Morgan fingerprint density at radius 3 is 2.47 bits per heavy atom. The molecule has 0 atom stereocenters. The number of hydrogen-bond acceptors (Lipinski definition) is 4. The predicted octanol–water partition coefficient (Wildman–Crippen LogP) is 0.0400. The van der Waals surface area contributed by atoms with Crippen LogP contribution in [0.1, 0.15) is 32.1 Å². The molecule has 2 rings (SSSR count). The third kappa shape index (κ3) is 2.61. The van der Waals surface area contributed by atoms with E-state index in [2.05, 4.69) is 10.2 Å². The summed E-state index contributed by atoms with van der Waals surface area (Å²) in [5.41, 5.74) is -0.202. The highest BCUT2D eigenvalue weighted by Gasteiger charge is 2.47. The van der Waals surface area contributed by atoms with Crippen molar-refractivity contribution in [1.29, 1.82) is 0 Å². The van der Waals surface area contributed by atoms with Gasteiger partial charge in [0.25, 0.3) is 0 Å². The van der Waals surface area contributed by atoms with Crippen LogP contribution in [0.5, 0.6) is 0 Å². The molecule has 0 radical (unpaired) electrons. The van der Waals surface area contributed by atoms with E-state index < -0.39 is 5.97 Å². The summed E-state index contributed by atoms with van der Waals surface area (Å²) in [6.07, 6.45) is 4.54. The van der Waals surface area contributed by atoms with Crippen LogP contribution in [-0.4, -0.2) is 58.9 Å². The third-order valence-electron chi connectivity index (χ3n) is 4.07. The fourth-order valence-corrected chi connectivity index (χ4v) is 2.87. The van der Waals surface area contributed by atoms with Crippen LogP contribution in [0.3, 0.4) is 0 Å². The predicted molar refractivity (Wildman–Crippen MR) is 63.9 cm³/mol. The minimum Gasteiger partial charge on any atom is -0.481 e. The maximum atomic E-state index is 11.0. The smallest absolute Gasteiger partial charge is 0.305 e.